The van der Waals surface area contributed by atoms with Gasteiger partial charge in [0.15, 0.2) is 12.3 Å². The summed E-state index contributed by atoms with van der Waals surface area (Å²) in [6, 6.07) is 17.3. The number of hydrogen-bond acceptors (Lipinski definition) is 11. The molecule has 0 spiro atoms. The molecule has 0 aliphatic carbocycles. The molecule has 3 aromatic rings. The van der Waals surface area contributed by atoms with Gasteiger partial charge in [-0.1, -0.05) is 48.5 Å². The van der Waals surface area contributed by atoms with Crippen LogP contribution >= 0.6 is 15.6 Å². The third-order valence-electron chi connectivity index (χ3n) is 5.55. The van der Waals surface area contributed by atoms with Gasteiger partial charge in [-0.25, -0.2) is 18.7 Å². The molecule has 4 rings (SSSR count). The van der Waals surface area contributed by atoms with E-state index in [0.717, 1.165) is 16.8 Å². The molecule has 1 amide bonds. The largest absolute Gasteiger partial charge is 0.481 e. The smallest absolute Gasteiger partial charge is 0.438 e. The average Bonchev–Trinajstić information content (AvgIpc) is 3.21. The molecule has 0 saturated carbocycles. The number of aromatic amines is 1. The summed E-state index contributed by atoms with van der Waals surface area (Å²) in [7, 11) is -10.4. The number of aliphatic hydroxyl groups excluding tert-OH is 1. The molecule has 16 nitrogen and oxygen atoms in total. The molecular formula is C23H25N3O13P2. The van der Waals surface area contributed by atoms with Gasteiger partial charge in [0, 0.05) is 18.0 Å². The van der Waals surface area contributed by atoms with Crippen molar-refractivity contribution in [3.63, 3.8) is 0 Å². The zero-order chi connectivity index (χ0) is 29.6. The van der Waals surface area contributed by atoms with Gasteiger partial charge in [0.1, 0.15) is 12.2 Å². The zero-order valence-electron chi connectivity index (χ0n) is 20.9. The van der Waals surface area contributed by atoms with E-state index < -0.39 is 70.7 Å². The highest BCUT2D eigenvalue weighted by Crippen LogP contribution is 2.60. The molecule has 0 radical (unpaired) electrons. The summed E-state index contributed by atoms with van der Waals surface area (Å²) in [4.78, 5) is 58.2. The molecule has 0 bridgehead atoms. The molecule has 5 N–H and O–H groups in total. The lowest BCUT2D eigenvalue weighted by atomic mass is 10.1. The molecule has 1 aliphatic heterocycles. The second kappa shape index (κ2) is 13.0. The molecule has 1 fully saturated rings. The van der Waals surface area contributed by atoms with Gasteiger partial charge < -0.3 is 24.4 Å². The highest BCUT2D eigenvalue weighted by atomic mass is 31.3. The number of hydrogen-bond donors (Lipinski definition) is 5. The first-order valence-corrected chi connectivity index (χ1v) is 14.8. The molecule has 220 valence electrons. The molecule has 1 aliphatic rings. The second-order valence-electron chi connectivity index (χ2n) is 8.51. The van der Waals surface area contributed by atoms with Gasteiger partial charge in [0.05, 0.1) is 13.2 Å². The van der Waals surface area contributed by atoms with Gasteiger partial charge >= 0.3 is 27.4 Å². The first-order chi connectivity index (χ1) is 19.4. The number of phosphoric acid groups is 2. The summed E-state index contributed by atoms with van der Waals surface area (Å²) < 4.78 is 50.0. The monoisotopic (exact) mass is 613 g/mol. The number of anilines is 1. The molecule has 41 heavy (non-hydrogen) atoms. The van der Waals surface area contributed by atoms with Crippen molar-refractivity contribution in [3.8, 4) is 0 Å². The lowest BCUT2D eigenvalue weighted by molar-refractivity contribution is -0.0552. The maximum absolute atomic E-state index is 12.5. The first kappa shape index (κ1) is 30.5. The van der Waals surface area contributed by atoms with Crippen LogP contribution in [0.15, 0.2) is 82.5 Å². The van der Waals surface area contributed by atoms with E-state index >= 15 is 0 Å². The Morgan fingerprint density at radius 3 is 2.27 bits per heavy atom. The number of amides is 1. The molecule has 18 heteroatoms. The summed E-state index contributed by atoms with van der Waals surface area (Å²) >= 11 is 0. The zero-order valence-corrected chi connectivity index (χ0v) is 22.7. The number of phosphoric ester groups is 2. The Labute approximate surface area is 231 Å². The quantitative estimate of drug-likeness (QED) is 0.195. The van der Waals surface area contributed by atoms with Crippen LogP contribution in [0.25, 0.3) is 0 Å². The lowest BCUT2D eigenvalue weighted by Gasteiger charge is -2.22. The van der Waals surface area contributed by atoms with Crippen LogP contribution in [0.5, 0.6) is 0 Å². The molecule has 1 saturated heterocycles. The number of rotatable bonds is 11. The predicted molar refractivity (Wildman–Crippen MR) is 139 cm³/mol. The molecule has 6 atom stereocenters. The Bertz CT molecular complexity index is 1550. The normalized spacial score (nSPS) is 23.3. The van der Waals surface area contributed by atoms with Gasteiger partial charge in [-0.3, -0.25) is 28.7 Å². The fraction of sp³-hybridized carbons (Fsp3) is 0.261. The average molecular weight is 613 g/mol. The van der Waals surface area contributed by atoms with Crippen molar-refractivity contribution < 1.29 is 51.6 Å². The number of para-hydroxylation sites is 1. The van der Waals surface area contributed by atoms with Crippen LogP contribution in [0, 0.1) is 0 Å². The van der Waals surface area contributed by atoms with Gasteiger partial charge in [-0.05, 0) is 17.7 Å². The van der Waals surface area contributed by atoms with Crippen LogP contribution < -0.4 is 16.6 Å². The number of nitrogens with one attached hydrogen (secondary N) is 2. The summed E-state index contributed by atoms with van der Waals surface area (Å²) in [6.07, 6.45) is -6.41. The van der Waals surface area contributed by atoms with E-state index in [9.17, 15) is 38.4 Å². The van der Waals surface area contributed by atoms with E-state index in [2.05, 4.69) is 9.63 Å². The number of carbonyl (C=O) groups is 1. The maximum Gasteiger partial charge on any atom is 0.481 e. The van der Waals surface area contributed by atoms with E-state index in [0.29, 0.717) is 11.3 Å². The summed E-state index contributed by atoms with van der Waals surface area (Å²) in [5.74, 6) is 0. The molecule has 2 aromatic carbocycles. The van der Waals surface area contributed by atoms with Crippen molar-refractivity contribution in [3.05, 3.63) is 99.3 Å². The van der Waals surface area contributed by atoms with E-state index in [1.165, 1.54) is 0 Å². The Balaban J connectivity index is 1.44. The number of aliphatic hydroxyl groups is 1. The van der Waals surface area contributed by atoms with Gasteiger partial charge in [-0.2, -0.15) is 4.31 Å². The SMILES string of the molecule is O=C(Nc1ccccc1)OC1C(O)[C@@H](COP(=O)(O)OP(=O)(O)OCc2ccccc2)O[C@H]1n1ccc(=O)[nH]c1=O. The topological polar surface area (TPSA) is 225 Å². The number of H-pyrrole nitrogens is 1. The number of benzene rings is 2. The number of ether oxygens (including phenoxy) is 2. The fourth-order valence-corrected chi connectivity index (χ4v) is 5.77. The lowest BCUT2D eigenvalue weighted by Crippen LogP contribution is -2.41. The van der Waals surface area contributed by atoms with E-state index in [4.69, 9.17) is 18.5 Å². The van der Waals surface area contributed by atoms with Crippen LogP contribution in [0.2, 0.25) is 0 Å². The van der Waals surface area contributed by atoms with E-state index in [1.807, 2.05) is 4.98 Å². The van der Waals surface area contributed by atoms with Crippen LogP contribution in [-0.4, -0.2) is 55.5 Å². The fourth-order valence-electron chi connectivity index (χ4n) is 3.70. The van der Waals surface area contributed by atoms with E-state index in [-0.39, 0.29) is 0 Å². The van der Waals surface area contributed by atoms with Crippen molar-refractivity contribution in [2.24, 2.45) is 0 Å². The van der Waals surface area contributed by atoms with Crippen molar-refractivity contribution in [2.75, 3.05) is 11.9 Å². The first-order valence-electron chi connectivity index (χ1n) is 11.8. The number of carbonyl (C=O) groups excluding carboxylic acids is 1. The standard InChI is InChI=1S/C23H25N3O13P2/c27-18-11-12-26(22(29)25-18)21-20(38-23(30)24-16-9-5-2-6-10-16)19(28)17(37-21)14-36-41(33,34)39-40(31,32)35-13-15-7-3-1-4-8-15/h1-12,17,19-21,28H,13-14H2,(H,24,30)(H,31,32)(H,33,34)(H,25,27,29)/t17-,19?,20?,21-/m1/s1. The van der Waals surface area contributed by atoms with Crippen LogP contribution in [0.3, 0.4) is 0 Å². The Morgan fingerprint density at radius 2 is 1.61 bits per heavy atom. The van der Waals surface area contributed by atoms with Crippen LogP contribution in [0.1, 0.15) is 11.8 Å². The number of nitrogens with zero attached hydrogens (tertiary/aromatic N) is 1. The van der Waals surface area contributed by atoms with Crippen molar-refractivity contribution in [2.45, 2.75) is 31.1 Å². The minimum absolute atomic E-state index is 0.352. The minimum atomic E-state index is -5.28. The summed E-state index contributed by atoms with van der Waals surface area (Å²) in [5, 5.41) is 13.3. The highest BCUT2D eigenvalue weighted by molar-refractivity contribution is 7.61. The van der Waals surface area contributed by atoms with Crippen molar-refractivity contribution in [1.29, 1.82) is 0 Å². The Hall–Kier alpha value is -3.43. The third kappa shape index (κ3) is 8.53. The van der Waals surface area contributed by atoms with Gasteiger partial charge in [-0.15, -0.1) is 0 Å². The molecular weight excluding hydrogens is 588 g/mol. The number of aromatic nitrogens is 2. The molecule has 4 unspecified atom stereocenters. The molecule has 2 heterocycles. The molecule has 1 aromatic heterocycles. The van der Waals surface area contributed by atoms with Gasteiger partial charge in [0.25, 0.3) is 5.56 Å². The highest BCUT2D eigenvalue weighted by Gasteiger charge is 2.49. The van der Waals surface area contributed by atoms with Crippen LogP contribution in [-0.2, 0) is 38.6 Å². The summed E-state index contributed by atoms with van der Waals surface area (Å²) in [6.45, 7) is -1.35. The maximum atomic E-state index is 12.5. The third-order valence-corrected chi connectivity index (χ3v) is 8.13. The Kier molecular flexibility index (Phi) is 9.71. The van der Waals surface area contributed by atoms with Crippen LogP contribution in [0.4, 0.5) is 10.5 Å². The van der Waals surface area contributed by atoms with Crippen molar-refractivity contribution >= 4 is 27.4 Å². The van der Waals surface area contributed by atoms with Gasteiger partial charge in [0.2, 0.25) is 0 Å². The minimum Gasteiger partial charge on any atom is -0.438 e. The van der Waals surface area contributed by atoms with E-state index in [1.54, 1.807) is 60.7 Å². The predicted octanol–water partition coefficient (Wildman–Crippen LogP) is 1.86. The Morgan fingerprint density at radius 1 is 0.976 bits per heavy atom. The van der Waals surface area contributed by atoms with Crippen molar-refractivity contribution in [1.82, 2.24) is 9.55 Å². The summed E-state index contributed by atoms with van der Waals surface area (Å²) in [5.41, 5.74) is -0.871. The second-order valence-corrected chi connectivity index (χ2v) is 11.6.